The molecular weight excluding hydrogens is 324 g/mol. The van der Waals surface area contributed by atoms with Crippen molar-refractivity contribution in [3.8, 4) is 0 Å². The third kappa shape index (κ3) is 4.02. The largest absolute Gasteiger partial charge is 0.386 e. The standard InChI is InChI=1S/C14H19BrN2O3/c1-10-14(19,5-6-20-10)9-16-8-13(18)17-12-4-2-3-11(15)7-12/h2-4,7,10,16,19H,5-6,8-9H2,1H3,(H,17,18). The van der Waals surface area contributed by atoms with Crippen LogP contribution in [0.25, 0.3) is 0 Å². The molecular formula is C14H19BrN2O3. The van der Waals surface area contributed by atoms with Gasteiger partial charge in [0.15, 0.2) is 0 Å². The maximum absolute atomic E-state index is 11.8. The average Bonchev–Trinajstić information content (AvgIpc) is 2.69. The summed E-state index contributed by atoms with van der Waals surface area (Å²) >= 11 is 3.35. The van der Waals surface area contributed by atoms with Gasteiger partial charge in [-0.05, 0) is 25.1 Å². The zero-order valence-electron chi connectivity index (χ0n) is 11.4. The van der Waals surface area contributed by atoms with E-state index in [-0.39, 0.29) is 18.6 Å². The molecule has 3 N–H and O–H groups in total. The van der Waals surface area contributed by atoms with Gasteiger partial charge >= 0.3 is 0 Å². The minimum Gasteiger partial charge on any atom is -0.386 e. The number of halogens is 1. The lowest BCUT2D eigenvalue weighted by molar-refractivity contribution is -0.115. The van der Waals surface area contributed by atoms with E-state index in [2.05, 4.69) is 26.6 Å². The van der Waals surface area contributed by atoms with Gasteiger partial charge in [0, 0.05) is 29.7 Å². The molecule has 1 aliphatic rings. The lowest BCUT2D eigenvalue weighted by Crippen LogP contribution is -2.47. The number of rotatable bonds is 5. The van der Waals surface area contributed by atoms with Gasteiger partial charge < -0.3 is 20.5 Å². The highest BCUT2D eigenvalue weighted by atomic mass is 79.9. The van der Waals surface area contributed by atoms with Gasteiger partial charge in [-0.3, -0.25) is 4.79 Å². The van der Waals surface area contributed by atoms with E-state index in [1.54, 1.807) is 0 Å². The molecule has 1 aliphatic heterocycles. The fourth-order valence-corrected chi connectivity index (χ4v) is 2.57. The van der Waals surface area contributed by atoms with Crippen LogP contribution >= 0.6 is 15.9 Å². The van der Waals surface area contributed by atoms with Crippen molar-refractivity contribution in [2.24, 2.45) is 0 Å². The molecule has 1 fully saturated rings. The number of hydrogen-bond donors (Lipinski definition) is 3. The highest BCUT2D eigenvalue weighted by Crippen LogP contribution is 2.24. The Balaban J connectivity index is 1.75. The van der Waals surface area contributed by atoms with E-state index < -0.39 is 5.60 Å². The summed E-state index contributed by atoms with van der Waals surface area (Å²) in [6.07, 6.45) is 0.386. The van der Waals surface area contributed by atoms with Crippen molar-refractivity contribution in [2.75, 3.05) is 25.0 Å². The molecule has 0 spiro atoms. The summed E-state index contributed by atoms with van der Waals surface area (Å²) in [4.78, 5) is 11.8. The second-order valence-corrected chi connectivity index (χ2v) is 5.94. The Labute approximate surface area is 126 Å². The summed E-state index contributed by atoms with van der Waals surface area (Å²) in [5, 5.41) is 16.0. The van der Waals surface area contributed by atoms with Gasteiger partial charge in [-0.2, -0.15) is 0 Å². The van der Waals surface area contributed by atoms with Gasteiger partial charge in [-0.15, -0.1) is 0 Å². The van der Waals surface area contributed by atoms with Crippen molar-refractivity contribution >= 4 is 27.5 Å². The van der Waals surface area contributed by atoms with Crippen LogP contribution in [0.15, 0.2) is 28.7 Å². The molecule has 2 atom stereocenters. The maximum Gasteiger partial charge on any atom is 0.238 e. The molecule has 2 rings (SSSR count). The Hall–Kier alpha value is -0.950. The van der Waals surface area contributed by atoms with Crippen molar-refractivity contribution in [1.29, 1.82) is 0 Å². The Morgan fingerprint density at radius 1 is 1.60 bits per heavy atom. The summed E-state index contributed by atoms with van der Waals surface area (Å²) < 4.78 is 6.25. The zero-order chi connectivity index (χ0) is 14.6. The number of carbonyl (C=O) groups is 1. The van der Waals surface area contributed by atoms with Crippen molar-refractivity contribution in [2.45, 2.75) is 25.0 Å². The third-order valence-electron chi connectivity index (χ3n) is 3.48. The first-order chi connectivity index (χ1) is 9.49. The van der Waals surface area contributed by atoms with Gasteiger partial charge in [-0.1, -0.05) is 22.0 Å². The number of anilines is 1. The van der Waals surface area contributed by atoms with Gasteiger partial charge in [0.2, 0.25) is 5.91 Å². The topological polar surface area (TPSA) is 70.6 Å². The van der Waals surface area contributed by atoms with Gasteiger partial charge in [0.1, 0.15) is 5.60 Å². The van der Waals surface area contributed by atoms with E-state index in [4.69, 9.17) is 4.74 Å². The summed E-state index contributed by atoms with van der Waals surface area (Å²) in [7, 11) is 0. The lowest BCUT2D eigenvalue weighted by Gasteiger charge is -2.26. The molecule has 0 radical (unpaired) electrons. The van der Waals surface area contributed by atoms with Crippen LogP contribution in [-0.4, -0.2) is 42.4 Å². The first-order valence-corrected chi connectivity index (χ1v) is 7.39. The number of benzene rings is 1. The molecule has 20 heavy (non-hydrogen) atoms. The Morgan fingerprint density at radius 2 is 2.40 bits per heavy atom. The third-order valence-corrected chi connectivity index (χ3v) is 3.98. The highest BCUT2D eigenvalue weighted by molar-refractivity contribution is 9.10. The van der Waals surface area contributed by atoms with E-state index in [0.717, 1.165) is 10.2 Å². The van der Waals surface area contributed by atoms with Crippen LogP contribution in [-0.2, 0) is 9.53 Å². The minimum absolute atomic E-state index is 0.140. The SMILES string of the molecule is CC1OCCC1(O)CNCC(=O)Nc1cccc(Br)c1. The van der Waals surface area contributed by atoms with E-state index in [0.29, 0.717) is 19.6 Å². The highest BCUT2D eigenvalue weighted by Gasteiger charge is 2.39. The second-order valence-electron chi connectivity index (χ2n) is 5.03. The Morgan fingerprint density at radius 3 is 3.05 bits per heavy atom. The summed E-state index contributed by atoms with van der Waals surface area (Å²) in [6, 6.07) is 7.40. The molecule has 0 bridgehead atoms. The molecule has 1 aromatic rings. The average molecular weight is 343 g/mol. The van der Waals surface area contributed by atoms with E-state index in [9.17, 15) is 9.90 Å². The van der Waals surface area contributed by atoms with E-state index in [1.807, 2.05) is 31.2 Å². The van der Waals surface area contributed by atoms with Crippen molar-refractivity contribution in [3.05, 3.63) is 28.7 Å². The quantitative estimate of drug-likeness (QED) is 0.758. The molecule has 5 nitrogen and oxygen atoms in total. The Kier molecular flexibility index (Phi) is 5.15. The second kappa shape index (κ2) is 6.67. The minimum atomic E-state index is -0.879. The molecule has 0 aliphatic carbocycles. The summed E-state index contributed by atoms with van der Waals surface area (Å²) in [5.41, 5.74) is -0.141. The van der Waals surface area contributed by atoms with Gasteiger partial charge in [-0.25, -0.2) is 0 Å². The van der Waals surface area contributed by atoms with Gasteiger partial charge in [0.05, 0.1) is 12.6 Å². The molecule has 1 heterocycles. The van der Waals surface area contributed by atoms with Crippen molar-refractivity contribution < 1.29 is 14.6 Å². The maximum atomic E-state index is 11.8. The number of aliphatic hydroxyl groups is 1. The molecule has 6 heteroatoms. The van der Waals surface area contributed by atoms with Crippen LogP contribution in [0.2, 0.25) is 0 Å². The van der Waals surface area contributed by atoms with Crippen molar-refractivity contribution in [3.63, 3.8) is 0 Å². The zero-order valence-corrected chi connectivity index (χ0v) is 12.9. The Bertz CT molecular complexity index is 483. The monoisotopic (exact) mass is 342 g/mol. The number of carbonyl (C=O) groups excluding carboxylic acids is 1. The molecule has 2 unspecified atom stereocenters. The van der Waals surface area contributed by atoms with Crippen LogP contribution in [0.5, 0.6) is 0 Å². The van der Waals surface area contributed by atoms with Crippen molar-refractivity contribution in [1.82, 2.24) is 5.32 Å². The molecule has 0 saturated carbocycles. The lowest BCUT2D eigenvalue weighted by atomic mass is 9.97. The number of ether oxygens (including phenoxy) is 1. The van der Waals surface area contributed by atoms with Crippen LogP contribution in [0.3, 0.4) is 0 Å². The normalized spacial score (nSPS) is 25.6. The van der Waals surface area contributed by atoms with Crippen LogP contribution in [0.4, 0.5) is 5.69 Å². The van der Waals surface area contributed by atoms with E-state index >= 15 is 0 Å². The number of hydrogen-bond acceptors (Lipinski definition) is 4. The first kappa shape index (κ1) is 15.4. The van der Waals surface area contributed by atoms with Crippen LogP contribution in [0, 0.1) is 0 Å². The van der Waals surface area contributed by atoms with E-state index in [1.165, 1.54) is 0 Å². The molecule has 0 aromatic heterocycles. The van der Waals surface area contributed by atoms with Crippen LogP contribution in [0.1, 0.15) is 13.3 Å². The predicted molar refractivity (Wildman–Crippen MR) is 80.6 cm³/mol. The molecule has 1 saturated heterocycles. The summed E-state index contributed by atoms with van der Waals surface area (Å²) in [5.74, 6) is -0.140. The molecule has 110 valence electrons. The smallest absolute Gasteiger partial charge is 0.238 e. The first-order valence-electron chi connectivity index (χ1n) is 6.60. The number of amides is 1. The summed E-state index contributed by atoms with van der Waals surface area (Å²) in [6.45, 7) is 2.90. The fraction of sp³-hybridized carbons (Fsp3) is 0.500. The predicted octanol–water partition coefficient (Wildman–Crippen LogP) is 1.52. The molecule has 1 aromatic carbocycles. The van der Waals surface area contributed by atoms with Crippen LogP contribution < -0.4 is 10.6 Å². The number of nitrogens with one attached hydrogen (secondary N) is 2. The fourth-order valence-electron chi connectivity index (χ4n) is 2.17. The van der Waals surface area contributed by atoms with Gasteiger partial charge in [0.25, 0.3) is 0 Å². The molecule has 1 amide bonds.